The third-order valence-corrected chi connectivity index (χ3v) is 1.52. The molecule has 0 spiro atoms. The van der Waals surface area contributed by atoms with Gasteiger partial charge in [0.15, 0.2) is 0 Å². The van der Waals surface area contributed by atoms with Gasteiger partial charge in [0.25, 0.3) is 0 Å². The van der Waals surface area contributed by atoms with E-state index < -0.39 is 0 Å². The Morgan fingerprint density at radius 2 is 2.42 bits per heavy atom. The first-order chi connectivity index (χ1) is 5.83. The third-order valence-electron chi connectivity index (χ3n) is 1.52. The van der Waals surface area contributed by atoms with Crippen molar-refractivity contribution in [3.63, 3.8) is 0 Å². The zero-order chi connectivity index (χ0) is 8.81. The minimum atomic E-state index is 0.104. The molecule has 0 fully saturated rings. The minimum Gasteiger partial charge on any atom is -0.395 e. The highest BCUT2D eigenvalue weighted by molar-refractivity contribution is 4.93. The fraction of sp³-hybridized carbons (Fsp3) is 0.500. The number of rotatable bonds is 4. The van der Waals surface area contributed by atoms with E-state index in [1.807, 2.05) is 6.92 Å². The molecule has 0 bridgehead atoms. The van der Waals surface area contributed by atoms with E-state index in [1.54, 1.807) is 18.6 Å². The first-order valence-electron chi connectivity index (χ1n) is 3.92. The van der Waals surface area contributed by atoms with Crippen molar-refractivity contribution < 1.29 is 5.11 Å². The molecule has 0 amide bonds. The van der Waals surface area contributed by atoms with Gasteiger partial charge in [0.1, 0.15) is 0 Å². The quantitative estimate of drug-likeness (QED) is 0.660. The van der Waals surface area contributed by atoms with Gasteiger partial charge < -0.3 is 10.4 Å². The Balaban J connectivity index is 2.33. The molecule has 0 saturated carbocycles. The van der Waals surface area contributed by atoms with Crippen LogP contribution in [0, 0.1) is 0 Å². The van der Waals surface area contributed by atoms with Crippen LogP contribution in [0.15, 0.2) is 18.6 Å². The zero-order valence-corrected chi connectivity index (χ0v) is 7.07. The molecule has 0 aliphatic heterocycles. The number of aliphatic hydroxyl groups is 1. The van der Waals surface area contributed by atoms with E-state index in [4.69, 9.17) is 5.11 Å². The van der Waals surface area contributed by atoms with Gasteiger partial charge in [-0.2, -0.15) is 0 Å². The van der Waals surface area contributed by atoms with Crippen molar-refractivity contribution >= 4 is 0 Å². The normalized spacial score (nSPS) is 12.8. The maximum Gasteiger partial charge on any atom is 0.0724 e. The molecule has 12 heavy (non-hydrogen) atoms. The summed E-state index contributed by atoms with van der Waals surface area (Å²) in [6.07, 6.45) is 5.00. The Bertz CT molecular complexity index is 215. The second kappa shape index (κ2) is 4.79. The molecule has 0 radical (unpaired) electrons. The van der Waals surface area contributed by atoms with Crippen LogP contribution < -0.4 is 5.32 Å². The Labute approximate surface area is 71.7 Å². The van der Waals surface area contributed by atoms with E-state index in [0.29, 0.717) is 6.54 Å². The van der Waals surface area contributed by atoms with Crippen LogP contribution >= 0.6 is 0 Å². The van der Waals surface area contributed by atoms with Crippen molar-refractivity contribution in [2.24, 2.45) is 0 Å². The van der Waals surface area contributed by atoms with Crippen LogP contribution in [0.25, 0.3) is 0 Å². The SMILES string of the molecule is CC(CO)NCc1cnccn1. The number of aromatic nitrogens is 2. The summed E-state index contributed by atoms with van der Waals surface area (Å²) in [6.45, 7) is 2.70. The lowest BCUT2D eigenvalue weighted by Gasteiger charge is -2.08. The summed E-state index contributed by atoms with van der Waals surface area (Å²) in [5.74, 6) is 0. The average molecular weight is 167 g/mol. The van der Waals surface area contributed by atoms with Gasteiger partial charge in [0.2, 0.25) is 0 Å². The topological polar surface area (TPSA) is 58.0 Å². The van der Waals surface area contributed by atoms with E-state index in [1.165, 1.54) is 0 Å². The van der Waals surface area contributed by atoms with Crippen molar-refractivity contribution in [2.75, 3.05) is 6.61 Å². The number of aliphatic hydroxyl groups excluding tert-OH is 1. The van der Waals surface area contributed by atoms with Crippen molar-refractivity contribution in [1.82, 2.24) is 15.3 Å². The summed E-state index contributed by atoms with van der Waals surface area (Å²) >= 11 is 0. The van der Waals surface area contributed by atoms with Crippen LogP contribution in [0.2, 0.25) is 0 Å². The van der Waals surface area contributed by atoms with Gasteiger partial charge in [-0.1, -0.05) is 0 Å². The highest BCUT2D eigenvalue weighted by Crippen LogP contribution is 1.89. The van der Waals surface area contributed by atoms with Gasteiger partial charge in [-0.25, -0.2) is 0 Å². The molecule has 66 valence electrons. The number of nitrogens with zero attached hydrogens (tertiary/aromatic N) is 2. The Kier molecular flexibility index (Phi) is 3.63. The van der Waals surface area contributed by atoms with Gasteiger partial charge in [0.05, 0.1) is 12.3 Å². The monoisotopic (exact) mass is 167 g/mol. The molecule has 1 rings (SSSR count). The maximum atomic E-state index is 8.71. The molecule has 4 nitrogen and oxygen atoms in total. The van der Waals surface area contributed by atoms with E-state index in [2.05, 4.69) is 15.3 Å². The number of nitrogens with one attached hydrogen (secondary N) is 1. The minimum absolute atomic E-state index is 0.104. The number of hydrogen-bond acceptors (Lipinski definition) is 4. The molecule has 4 heteroatoms. The summed E-state index contributed by atoms with van der Waals surface area (Å²) in [5, 5.41) is 11.8. The van der Waals surface area contributed by atoms with E-state index in [9.17, 15) is 0 Å². The summed E-state index contributed by atoms with van der Waals surface area (Å²) in [7, 11) is 0. The second-order valence-electron chi connectivity index (χ2n) is 2.66. The smallest absolute Gasteiger partial charge is 0.0724 e. The molecule has 0 aromatic carbocycles. The van der Waals surface area contributed by atoms with Gasteiger partial charge in [-0.15, -0.1) is 0 Å². The lowest BCUT2D eigenvalue weighted by atomic mass is 10.3. The van der Waals surface area contributed by atoms with Crippen LogP contribution in [0.3, 0.4) is 0 Å². The summed E-state index contributed by atoms with van der Waals surface area (Å²) in [4.78, 5) is 8.00. The Morgan fingerprint density at radius 1 is 1.58 bits per heavy atom. The fourth-order valence-electron chi connectivity index (χ4n) is 0.765. The van der Waals surface area contributed by atoms with Crippen molar-refractivity contribution in [1.29, 1.82) is 0 Å². The molecule has 1 unspecified atom stereocenters. The van der Waals surface area contributed by atoms with Gasteiger partial charge in [-0.3, -0.25) is 9.97 Å². The van der Waals surface area contributed by atoms with Crippen LogP contribution in [0.5, 0.6) is 0 Å². The zero-order valence-electron chi connectivity index (χ0n) is 7.07. The van der Waals surface area contributed by atoms with Gasteiger partial charge in [0, 0.05) is 31.2 Å². The standard InChI is InChI=1S/C8H13N3O/c1-7(6-12)11-5-8-4-9-2-3-10-8/h2-4,7,11-12H,5-6H2,1H3. The predicted octanol–water partition coefficient (Wildman–Crippen LogP) is -0.0530. The molecular weight excluding hydrogens is 154 g/mol. The first kappa shape index (κ1) is 9.09. The van der Waals surface area contributed by atoms with Gasteiger partial charge >= 0.3 is 0 Å². The van der Waals surface area contributed by atoms with Crippen LogP contribution in [0.4, 0.5) is 0 Å². The lowest BCUT2D eigenvalue weighted by Crippen LogP contribution is -2.28. The predicted molar refractivity (Wildman–Crippen MR) is 45.4 cm³/mol. The summed E-state index contributed by atoms with van der Waals surface area (Å²) < 4.78 is 0. The molecule has 1 heterocycles. The molecule has 0 aliphatic rings. The molecule has 1 atom stereocenters. The van der Waals surface area contributed by atoms with E-state index >= 15 is 0 Å². The largest absolute Gasteiger partial charge is 0.395 e. The molecule has 2 N–H and O–H groups in total. The molecular formula is C8H13N3O. The highest BCUT2D eigenvalue weighted by atomic mass is 16.3. The second-order valence-corrected chi connectivity index (χ2v) is 2.66. The molecule has 1 aromatic heterocycles. The first-order valence-corrected chi connectivity index (χ1v) is 3.92. The fourth-order valence-corrected chi connectivity index (χ4v) is 0.765. The highest BCUT2D eigenvalue weighted by Gasteiger charge is 1.98. The Morgan fingerprint density at radius 3 is 3.00 bits per heavy atom. The summed E-state index contributed by atoms with van der Waals surface area (Å²) in [5.41, 5.74) is 0.887. The van der Waals surface area contributed by atoms with Crippen molar-refractivity contribution in [2.45, 2.75) is 19.5 Å². The third kappa shape index (κ3) is 2.94. The molecule has 1 aromatic rings. The summed E-state index contributed by atoms with van der Waals surface area (Å²) in [6, 6.07) is 0.104. The van der Waals surface area contributed by atoms with Crippen LogP contribution in [0.1, 0.15) is 12.6 Å². The average Bonchev–Trinajstić information content (AvgIpc) is 2.16. The van der Waals surface area contributed by atoms with E-state index in [-0.39, 0.29) is 12.6 Å². The maximum absolute atomic E-state index is 8.71. The van der Waals surface area contributed by atoms with Gasteiger partial charge in [-0.05, 0) is 6.92 Å². The molecule has 0 aliphatic carbocycles. The van der Waals surface area contributed by atoms with E-state index in [0.717, 1.165) is 5.69 Å². The Hall–Kier alpha value is -1.00. The molecule has 0 saturated heterocycles. The van der Waals surface area contributed by atoms with Crippen molar-refractivity contribution in [3.8, 4) is 0 Å². The van der Waals surface area contributed by atoms with Crippen LogP contribution in [-0.2, 0) is 6.54 Å². The lowest BCUT2D eigenvalue weighted by molar-refractivity contribution is 0.250. The number of hydrogen-bond donors (Lipinski definition) is 2. The van der Waals surface area contributed by atoms with Crippen molar-refractivity contribution in [3.05, 3.63) is 24.3 Å². The van der Waals surface area contributed by atoms with Crippen LogP contribution in [-0.4, -0.2) is 27.7 Å².